The molecule has 1 N–H and O–H groups in total. The second kappa shape index (κ2) is 6.28. The van der Waals surface area contributed by atoms with E-state index in [4.69, 9.17) is 0 Å². The van der Waals surface area contributed by atoms with Crippen LogP contribution in [0.3, 0.4) is 0 Å². The van der Waals surface area contributed by atoms with Gasteiger partial charge in [0.15, 0.2) is 0 Å². The van der Waals surface area contributed by atoms with Gasteiger partial charge >= 0.3 is 0 Å². The molecule has 0 spiro atoms. The number of hydrogen-bond acceptors (Lipinski definition) is 1. The first-order valence-corrected chi connectivity index (χ1v) is 6.78. The van der Waals surface area contributed by atoms with Gasteiger partial charge in [0, 0.05) is 19.4 Å². The Kier molecular flexibility index (Phi) is 4.70. The minimum absolute atomic E-state index is 0.0797. The highest BCUT2D eigenvalue weighted by Crippen LogP contribution is 2.37. The number of rotatable bonds is 5. The normalized spacial score (nSPS) is 19.9. The molecule has 1 aliphatic carbocycles. The fourth-order valence-electron chi connectivity index (χ4n) is 2.52. The Labute approximate surface area is 108 Å². The molecule has 100 valence electrons. The Morgan fingerprint density at radius 1 is 1.11 bits per heavy atom. The molecule has 1 fully saturated rings. The predicted octanol–water partition coefficient (Wildman–Crippen LogP) is 3.99. The number of halogens is 2. The second-order valence-corrected chi connectivity index (χ2v) is 5.25. The monoisotopic (exact) mass is 253 g/mol. The molecule has 0 amide bonds. The summed E-state index contributed by atoms with van der Waals surface area (Å²) in [5.41, 5.74) is 1.27. The van der Waals surface area contributed by atoms with Gasteiger partial charge in [0.1, 0.15) is 0 Å². The van der Waals surface area contributed by atoms with E-state index in [2.05, 4.69) is 17.4 Å². The van der Waals surface area contributed by atoms with Crippen LogP contribution in [0.4, 0.5) is 8.78 Å². The summed E-state index contributed by atoms with van der Waals surface area (Å²) in [6.07, 6.45) is 2.54. The lowest BCUT2D eigenvalue weighted by Gasteiger charge is -2.28. The molecular formula is C15H21F2N. The molecule has 0 unspecified atom stereocenters. The second-order valence-electron chi connectivity index (χ2n) is 5.25. The van der Waals surface area contributed by atoms with Crippen LogP contribution in [0.5, 0.6) is 0 Å². The third-order valence-corrected chi connectivity index (χ3v) is 3.74. The fraction of sp³-hybridized carbons (Fsp3) is 0.600. The first-order valence-electron chi connectivity index (χ1n) is 6.78. The van der Waals surface area contributed by atoms with E-state index in [1.54, 1.807) is 0 Å². The SMILES string of the molecule is FC1(F)CCC(CCNCc2ccccc2)CC1. The molecule has 1 aromatic carbocycles. The van der Waals surface area contributed by atoms with Gasteiger partial charge in [-0.2, -0.15) is 0 Å². The smallest absolute Gasteiger partial charge is 0.248 e. The van der Waals surface area contributed by atoms with Crippen molar-refractivity contribution in [1.29, 1.82) is 0 Å². The third-order valence-electron chi connectivity index (χ3n) is 3.74. The van der Waals surface area contributed by atoms with Crippen LogP contribution in [-0.2, 0) is 6.54 Å². The molecule has 0 bridgehead atoms. The zero-order valence-electron chi connectivity index (χ0n) is 10.7. The summed E-state index contributed by atoms with van der Waals surface area (Å²) >= 11 is 0. The molecule has 3 heteroatoms. The van der Waals surface area contributed by atoms with Crippen molar-refractivity contribution in [3.63, 3.8) is 0 Å². The minimum atomic E-state index is -2.39. The summed E-state index contributed by atoms with van der Waals surface area (Å²) in [6, 6.07) is 10.2. The highest BCUT2D eigenvalue weighted by Gasteiger charge is 2.34. The van der Waals surface area contributed by atoms with Crippen molar-refractivity contribution in [1.82, 2.24) is 5.32 Å². The molecule has 1 saturated carbocycles. The van der Waals surface area contributed by atoms with E-state index >= 15 is 0 Å². The maximum absolute atomic E-state index is 13.0. The van der Waals surface area contributed by atoms with Crippen molar-refractivity contribution in [3.8, 4) is 0 Å². The highest BCUT2D eigenvalue weighted by molar-refractivity contribution is 5.14. The Balaban J connectivity index is 1.59. The molecule has 0 heterocycles. The Bertz CT molecular complexity index is 341. The number of nitrogens with one attached hydrogen (secondary N) is 1. The standard InChI is InChI=1S/C15H21F2N/c16-15(17)9-6-13(7-10-15)8-11-18-12-14-4-2-1-3-5-14/h1-5,13,18H,6-12H2. The molecule has 1 aromatic rings. The predicted molar refractivity (Wildman–Crippen MR) is 69.7 cm³/mol. The van der Waals surface area contributed by atoms with Gasteiger partial charge in [-0.3, -0.25) is 0 Å². The minimum Gasteiger partial charge on any atom is -0.313 e. The summed E-state index contributed by atoms with van der Waals surface area (Å²) < 4.78 is 25.9. The summed E-state index contributed by atoms with van der Waals surface area (Å²) in [7, 11) is 0. The van der Waals surface area contributed by atoms with E-state index in [9.17, 15) is 8.78 Å². The van der Waals surface area contributed by atoms with Crippen LogP contribution in [0.2, 0.25) is 0 Å². The Morgan fingerprint density at radius 3 is 2.44 bits per heavy atom. The zero-order valence-corrected chi connectivity index (χ0v) is 10.7. The summed E-state index contributed by atoms with van der Waals surface area (Å²) in [4.78, 5) is 0. The lowest BCUT2D eigenvalue weighted by atomic mass is 9.85. The lowest BCUT2D eigenvalue weighted by molar-refractivity contribution is -0.0464. The molecule has 0 aromatic heterocycles. The van der Waals surface area contributed by atoms with Crippen LogP contribution < -0.4 is 5.32 Å². The van der Waals surface area contributed by atoms with Crippen LogP contribution in [0.25, 0.3) is 0 Å². The maximum Gasteiger partial charge on any atom is 0.248 e. The number of hydrogen-bond donors (Lipinski definition) is 1. The highest BCUT2D eigenvalue weighted by atomic mass is 19.3. The first-order chi connectivity index (χ1) is 8.66. The average Bonchev–Trinajstić information content (AvgIpc) is 2.37. The first kappa shape index (κ1) is 13.5. The quantitative estimate of drug-likeness (QED) is 0.782. The number of benzene rings is 1. The molecule has 1 aliphatic rings. The van der Waals surface area contributed by atoms with Gasteiger partial charge in [-0.25, -0.2) is 8.78 Å². The molecular weight excluding hydrogens is 232 g/mol. The van der Waals surface area contributed by atoms with E-state index in [1.807, 2.05) is 18.2 Å². The van der Waals surface area contributed by atoms with Crippen LogP contribution in [0, 0.1) is 5.92 Å². The van der Waals surface area contributed by atoms with Crippen molar-refractivity contribution in [2.75, 3.05) is 6.54 Å². The number of alkyl halides is 2. The molecule has 1 nitrogen and oxygen atoms in total. The van der Waals surface area contributed by atoms with Crippen molar-refractivity contribution in [2.24, 2.45) is 5.92 Å². The van der Waals surface area contributed by atoms with Gasteiger partial charge in [0.2, 0.25) is 5.92 Å². The van der Waals surface area contributed by atoms with E-state index < -0.39 is 5.92 Å². The molecule has 0 saturated heterocycles. The van der Waals surface area contributed by atoms with Crippen LogP contribution in [-0.4, -0.2) is 12.5 Å². The average molecular weight is 253 g/mol. The Hall–Kier alpha value is -0.960. The fourth-order valence-corrected chi connectivity index (χ4v) is 2.52. The third kappa shape index (κ3) is 4.37. The van der Waals surface area contributed by atoms with Crippen LogP contribution in [0.1, 0.15) is 37.7 Å². The topological polar surface area (TPSA) is 12.0 Å². The van der Waals surface area contributed by atoms with E-state index in [0.717, 1.165) is 19.5 Å². The van der Waals surface area contributed by atoms with E-state index in [1.165, 1.54) is 5.56 Å². The molecule has 18 heavy (non-hydrogen) atoms. The molecule has 0 atom stereocenters. The van der Waals surface area contributed by atoms with Gasteiger partial charge in [0.25, 0.3) is 0 Å². The summed E-state index contributed by atoms with van der Waals surface area (Å²) in [5, 5.41) is 3.38. The largest absolute Gasteiger partial charge is 0.313 e. The van der Waals surface area contributed by atoms with Crippen molar-refractivity contribution in [3.05, 3.63) is 35.9 Å². The van der Waals surface area contributed by atoms with Crippen molar-refractivity contribution >= 4 is 0 Å². The van der Waals surface area contributed by atoms with E-state index in [0.29, 0.717) is 18.8 Å². The lowest BCUT2D eigenvalue weighted by Crippen LogP contribution is -2.26. The van der Waals surface area contributed by atoms with Gasteiger partial charge in [0.05, 0.1) is 0 Å². The Morgan fingerprint density at radius 2 is 1.78 bits per heavy atom. The van der Waals surface area contributed by atoms with E-state index in [-0.39, 0.29) is 12.8 Å². The molecule has 0 radical (unpaired) electrons. The van der Waals surface area contributed by atoms with Crippen molar-refractivity contribution in [2.45, 2.75) is 44.6 Å². The molecule has 0 aliphatic heterocycles. The van der Waals surface area contributed by atoms with Gasteiger partial charge in [-0.1, -0.05) is 30.3 Å². The maximum atomic E-state index is 13.0. The van der Waals surface area contributed by atoms with Gasteiger partial charge in [-0.05, 0) is 37.3 Å². The van der Waals surface area contributed by atoms with Gasteiger partial charge < -0.3 is 5.32 Å². The molecule has 2 rings (SSSR count). The van der Waals surface area contributed by atoms with Crippen LogP contribution in [0.15, 0.2) is 30.3 Å². The van der Waals surface area contributed by atoms with Crippen molar-refractivity contribution < 1.29 is 8.78 Å². The van der Waals surface area contributed by atoms with Gasteiger partial charge in [-0.15, -0.1) is 0 Å². The summed E-state index contributed by atoms with van der Waals surface area (Å²) in [6.45, 7) is 1.79. The summed E-state index contributed by atoms with van der Waals surface area (Å²) in [5.74, 6) is -1.92. The van der Waals surface area contributed by atoms with Crippen LogP contribution >= 0.6 is 0 Å². The zero-order chi connectivity index (χ0) is 12.8.